The van der Waals surface area contributed by atoms with Gasteiger partial charge in [-0.1, -0.05) is 159 Å². The molecule has 2 aliphatic rings. The molecule has 0 radical (unpaired) electrons. The normalized spacial score (nSPS) is 13.8. The van der Waals surface area contributed by atoms with Crippen LogP contribution in [0.25, 0.3) is 22.1 Å². The Kier molecular flexibility index (Phi) is 33.2. The van der Waals surface area contributed by atoms with Crippen molar-refractivity contribution < 1.29 is 20.1 Å². The van der Waals surface area contributed by atoms with Crippen molar-refractivity contribution in [2.24, 2.45) is 21.6 Å². The molecule has 2 atom stereocenters. The van der Waals surface area contributed by atoms with Crippen molar-refractivity contribution in [2.75, 3.05) is 16.8 Å². The first-order valence-corrected chi connectivity index (χ1v) is 39.2. The van der Waals surface area contributed by atoms with Crippen molar-refractivity contribution in [3.8, 4) is 0 Å². The topological polar surface area (TPSA) is 287 Å². The molecule has 0 bridgehead atoms. The minimum absolute atomic E-state index is 0.0301. The number of nitrogens with one attached hydrogen (secondary N) is 3. The van der Waals surface area contributed by atoms with E-state index in [-0.39, 0.29) is 22.2 Å². The maximum Gasteiger partial charge on any atom is 0.269 e. The van der Waals surface area contributed by atoms with Crippen LogP contribution < -0.4 is 16.4 Å². The highest BCUT2D eigenvalue weighted by atomic mass is 35.5. The van der Waals surface area contributed by atoms with E-state index in [4.69, 9.17) is 99.8 Å². The summed E-state index contributed by atoms with van der Waals surface area (Å²) in [6.07, 6.45) is 26.6. The maximum absolute atomic E-state index is 11.1. The number of isothiocyanates is 1. The fraction of sp³-hybridized carbons (Fsp3) is 0.297. The Hall–Kier alpha value is -7.67. The first-order chi connectivity index (χ1) is 51.3. The third kappa shape index (κ3) is 24.9. The lowest BCUT2D eigenvalue weighted by Gasteiger charge is -2.38. The number of H-pyrrole nitrogens is 1. The second-order valence-electron chi connectivity index (χ2n) is 24.9. The number of nitrogens with two attached hydrogens (primary N) is 1. The molecular formula is C74H78Cl6N16O6S5. The molecule has 562 valence electrons. The molecule has 2 saturated carbocycles. The van der Waals surface area contributed by atoms with Gasteiger partial charge in [-0.25, -0.2) is 15.0 Å². The number of nitrogens with zero attached hydrogens (tertiary/aromatic N) is 12. The van der Waals surface area contributed by atoms with Gasteiger partial charge >= 0.3 is 0 Å². The van der Waals surface area contributed by atoms with Crippen molar-refractivity contribution in [1.82, 2.24) is 52.8 Å². The van der Waals surface area contributed by atoms with E-state index in [9.17, 15) is 30.4 Å². The molecule has 10 heterocycles. The molecule has 14 rings (SSSR count). The fourth-order valence-corrected chi connectivity index (χ4v) is 14.8. The molecule has 7 N–H and O–H groups in total. The lowest BCUT2D eigenvalue weighted by molar-refractivity contribution is -0.385. The number of nitro groups is 2. The van der Waals surface area contributed by atoms with Crippen LogP contribution in [0.4, 0.5) is 22.7 Å². The first kappa shape index (κ1) is 84.9. The number of halogens is 6. The molecule has 0 saturated heterocycles. The van der Waals surface area contributed by atoms with E-state index in [0.717, 1.165) is 102 Å². The highest BCUT2D eigenvalue weighted by Crippen LogP contribution is 2.48. The number of hydrogen-bond acceptors (Lipinski definition) is 18. The van der Waals surface area contributed by atoms with E-state index in [0.29, 0.717) is 54.4 Å². The van der Waals surface area contributed by atoms with E-state index in [2.05, 4.69) is 95.0 Å². The number of imidazole rings is 4. The molecule has 2 fully saturated rings. The molecule has 22 nitrogen and oxygen atoms in total. The second kappa shape index (κ2) is 41.8. The Morgan fingerprint density at radius 3 is 1.67 bits per heavy atom. The third-order valence-corrected chi connectivity index (χ3v) is 21.0. The Balaban J connectivity index is 0.000000161. The standard InChI is InChI=1S/C17H23ClN2OS.C15H19ClN2O.C13H11ClN4O2S.C9H9ClN2S.C7H5ClN2S.C7H4N2O2S.C6H7ClN2/c1-3-22-16-19-11-13-9-12(18)10-14(20(13)16)15(21)17(2)7-5-4-6-8-17;1-15(5-3-2-4-6-15)14(19)13-8-11(16)7-12-9-17-10-18(12)13;14-9-5-6-15-11(7-9)8-16-13(21)17-10-1-3-12(4-2-10)18(19)20;1-2-13-9-11-6-8-5-7(10)3-4-12(8)9;8-5-1-2-10-6(3-5)4-9-7(10)11;10-9(11)7-3-1-6(2-4-7)8-5-12;7-5-1-2-9-6(3-5)4-8/h9-11,15,21H,3-8H2,1-2H3;7-10,14,19H,2-6H2,1H3;1-7H,8H2,(H2,16,17,21);3-6H,2H2,1H3;1-4H,(H,9,11);1-4H;1-3H,4,8H2. The number of aromatic amines is 1. The Morgan fingerprint density at radius 2 is 1.11 bits per heavy atom. The number of anilines is 1. The Bertz CT molecular complexity index is 5030. The van der Waals surface area contributed by atoms with Gasteiger partial charge in [-0.05, 0) is 182 Å². The Labute approximate surface area is 673 Å². The highest BCUT2D eigenvalue weighted by molar-refractivity contribution is 7.99. The number of hydrogen-bond donors (Lipinski definition) is 6. The summed E-state index contributed by atoms with van der Waals surface area (Å²) >= 11 is 53.5. The predicted octanol–water partition coefficient (Wildman–Crippen LogP) is 21.5. The van der Waals surface area contributed by atoms with Gasteiger partial charge in [-0.2, -0.15) is 4.99 Å². The summed E-state index contributed by atoms with van der Waals surface area (Å²) in [5.41, 5.74) is 13.7. The van der Waals surface area contributed by atoms with Crippen molar-refractivity contribution in [3.63, 3.8) is 0 Å². The van der Waals surface area contributed by atoms with Crippen LogP contribution in [0.15, 0.2) is 193 Å². The zero-order chi connectivity index (χ0) is 77.2. The van der Waals surface area contributed by atoms with Gasteiger partial charge < -0.3 is 36.0 Å². The van der Waals surface area contributed by atoms with Crippen LogP contribution in [0, 0.1) is 35.8 Å². The van der Waals surface area contributed by atoms with Crippen LogP contribution >= 0.6 is 130 Å². The van der Waals surface area contributed by atoms with Gasteiger partial charge in [-0.15, -0.1) is 0 Å². The zero-order valence-corrected chi connectivity index (χ0v) is 67.2. The number of aliphatic hydroxyl groups excluding tert-OH is 2. The van der Waals surface area contributed by atoms with Gasteiger partial charge in [0.15, 0.2) is 20.2 Å². The molecule has 0 aliphatic heterocycles. The third-order valence-electron chi connectivity index (χ3n) is 17.3. The molecule has 10 aromatic heterocycles. The number of benzene rings is 2. The molecule has 2 aliphatic carbocycles. The number of aromatic nitrogens is 10. The molecule has 12 aromatic rings. The summed E-state index contributed by atoms with van der Waals surface area (Å²) in [6, 6.07) is 33.6. The largest absolute Gasteiger partial charge is 0.386 e. The van der Waals surface area contributed by atoms with Crippen LogP contribution in [0.1, 0.15) is 127 Å². The number of fused-ring (bicyclic) bond motifs is 4. The summed E-state index contributed by atoms with van der Waals surface area (Å²) in [6.45, 7) is 9.48. The summed E-state index contributed by atoms with van der Waals surface area (Å²) in [5.74, 6) is 1.98. The van der Waals surface area contributed by atoms with Gasteiger partial charge in [-0.3, -0.25) is 43.4 Å². The van der Waals surface area contributed by atoms with Crippen molar-refractivity contribution in [3.05, 3.63) is 255 Å². The summed E-state index contributed by atoms with van der Waals surface area (Å²) in [5, 5.41) is 57.2. The number of non-ortho nitro benzene ring substituents is 2. The van der Waals surface area contributed by atoms with Crippen LogP contribution in [-0.2, 0) is 13.1 Å². The molecule has 0 amide bonds. The number of nitro benzene ring substituents is 2. The van der Waals surface area contributed by atoms with E-state index < -0.39 is 22.1 Å². The predicted molar refractivity (Wildman–Crippen MR) is 444 cm³/mol. The minimum atomic E-state index is -0.514. The van der Waals surface area contributed by atoms with Crippen molar-refractivity contribution >= 4 is 185 Å². The molecule has 0 spiro atoms. The number of thiocarbonyl (C=S) groups is 2. The van der Waals surface area contributed by atoms with Crippen LogP contribution in [-0.4, -0.2) is 89.3 Å². The zero-order valence-electron chi connectivity index (χ0n) is 58.6. The molecule has 2 unspecified atom stereocenters. The minimum Gasteiger partial charge on any atom is -0.386 e. The highest BCUT2D eigenvalue weighted by Gasteiger charge is 2.38. The number of aliphatic imine (C=N–C) groups is 1. The smallest absolute Gasteiger partial charge is 0.269 e. The molecule has 33 heteroatoms. The number of thioether (sulfide) groups is 2. The lowest BCUT2D eigenvalue weighted by Crippen LogP contribution is -2.29. The van der Waals surface area contributed by atoms with E-state index >= 15 is 0 Å². The lowest BCUT2D eigenvalue weighted by atomic mass is 9.71. The maximum atomic E-state index is 11.1. The average Bonchev–Trinajstić information content (AvgIpc) is 1.70. The number of pyridine rings is 6. The summed E-state index contributed by atoms with van der Waals surface area (Å²) in [4.78, 5) is 47.4. The monoisotopic (exact) mass is 1660 g/mol. The second-order valence-corrected chi connectivity index (χ2v) is 31.0. The first-order valence-electron chi connectivity index (χ1n) is 33.7. The molecule has 107 heavy (non-hydrogen) atoms. The molecular weight excluding hydrogens is 1580 g/mol. The van der Waals surface area contributed by atoms with Crippen LogP contribution in [0.3, 0.4) is 0 Å². The van der Waals surface area contributed by atoms with Gasteiger partial charge in [0.2, 0.25) is 0 Å². The average molecular weight is 1660 g/mol. The van der Waals surface area contributed by atoms with Gasteiger partial charge in [0.25, 0.3) is 11.4 Å². The van der Waals surface area contributed by atoms with Gasteiger partial charge in [0.05, 0.1) is 109 Å². The van der Waals surface area contributed by atoms with Crippen molar-refractivity contribution in [2.45, 2.75) is 128 Å². The fourth-order valence-electron chi connectivity index (χ4n) is 11.7. The van der Waals surface area contributed by atoms with E-state index in [1.54, 1.807) is 90.9 Å². The van der Waals surface area contributed by atoms with Crippen LogP contribution in [0.5, 0.6) is 0 Å². The molecule has 2 aromatic carbocycles. The van der Waals surface area contributed by atoms with Gasteiger partial charge in [0, 0.05) is 97.6 Å². The number of aliphatic hydroxyl groups is 2. The SMILES string of the molecule is CC1(C(O)c2cc(Cl)cc3cncn23)CCCCC1.CCSc1ncc2cc(Cl)cc(C(O)C3(C)CCCCC3)n12.CCSc1ncc2cc(Cl)ccn12.NCc1cc(Cl)ccn1.O=[N+]([O-])c1ccc(N=C=S)cc1.O=[N+]([O-])c1ccc(NC(=S)NCc2cc(Cl)ccn2)cc1.S=c1[nH]cc2cc(Cl)ccn12. The van der Waals surface area contributed by atoms with Crippen molar-refractivity contribution in [1.29, 1.82) is 0 Å². The number of rotatable bonds is 15. The summed E-state index contributed by atoms with van der Waals surface area (Å²) < 4.78 is 8.61. The van der Waals surface area contributed by atoms with Crippen LogP contribution in [0.2, 0.25) is 30.1 Å². The Morgan fingerprint density at radius 1 is 0.626 bits per heavy atom. The van der Waals surface area contributed by atoms with Gasteiger partial charge in [0.1, 0.15) is 0 Å². The summed E-state index contributed by atoms with van der Waals surface area (Å²) in [7, 11) is 0. The van der Waals surface area contributed by atoms with E-state index in [1.165, 1.54) is 74.9 Å². The van der Waals surface area contributed by atoms with E-state index in [1.807, 2.05) is 86.7 Å². The quantitative estimate of drug-likeness (QED) is 0.0183.